The van der Waals surface area contributed by atoms with Gasteiger partial charge in [0.25, 0.3) is 5.91 Å². The first-order chi connectivity index (χ1) is 13.0. The van der Waals surface area contributed by atoms with Gasteiger partial charge >= 0.3 is 0 Å². The largest absolute Gasteiger partial charge is 0.307 e. The predicted molar refractivity (Wildman–Crippen MR) is 111 cm³/mol. The highest BCUT2D eigenvalue weighted by atomic mass is 32.2. The number of aromatic nitrogens is 2. The molecule has 0 saturated heterocycles. The maximum Gasteiger partial charge on any atom is 0.258 e. The van der Waals surface area contributed by atoms with E-state index in [9.17, 15) is 4.79 Å². The number of fused-ring (bicyclic) bond motifs is 1. The van der Waals surface area contributed by atoms with Gasteiger partial charge < -0.3 is 4.90 Å². The molecular weight excluding hydrogens is 354 g/mol. The van der Waals surface area contributed by atoms with Crippen molar-refractivity contribution in [1.82, 2.24) is 9.78 Å². The number of thioether (sulfide) groups is 1. The van der Waals surface area contributed by atoms with Crippen LogP contribution in [0.1, 0.15) is 35.1 Å². The number of aryl methyl sites for hydroxylation is 2. The third-order valence-electron chi connectivity index (χ3n) is 4.86. The quantitative estimate of drug-likeness (QED) is 0.629. The molecule has 0 fully saturated rings. The lowest BCUT2D eigenvalue weighted by atomic mass is 10.1. The van der Waals surface area contributed by atoms with Crippen molar-refractivity contribution in [2.75, 3.05) is 11.4 Å². The van der Waals surface area contributed by atoms with Crippen molar-refractivity contribution in [3.05, 3.63) is 71.5 Å². The van der Waals surface area contributed by atoms with Gasteiger partial charge in [0.1, 0.15) is 0 Å². The average molecular weight is 378 g/mol. The molecule has 2 aromatic carbocycles. The number of hydrogen-bond donors (Lipinski definition) is 0. The summed E-state index contributed by atoms with van der Waals surface area (Å²) in [5.74, 6) is 0.0528. The molecule has 1 amide bonds. The minimum Gasteiger partial charge on any atom is -0.307 e. The van der Waals surface area contributed by atoms with Crippen LogP contribution in [0.4, 0.5) is 5.69 Å². The third-order valence-corrected chi connectivity index (χ3v) is 6.09. The van der Waals surface area contributed by atoms with Gasteiger partial charge in [0.15, 0.2) is 0 Å². The van der Waals surface area contributed by atoms with Gasteiger partial charge in [-0.15, -0.1) is 11.8 Å². The summed E-state index contributed by atoms with van der Waals surface area (Å²) in [5.41, 5.74) is 4.76. The first kappa shape index (κ1) is 17.9. The van der Waals surface area contributed by atoms with Crippen molar-refractivity contribution in [2.24, 2.45) is 0 Å². The van der Waals surface area contributed by atoms with E-state index in [1.54, 1.807) is 0 Å². The van der Waals surface area contributed by atoms with Crippen molar-refractivity contribution in [1.29, 1.82) is 0 Å². The summed E-state index contributed by atoms with van der Waals surface area (Å²) in [5, 5.41) is 5.01. The van der Waals surface area contributed by atoms with Crippen LogP contribution in [-0.2, 0) is 0 Å². The maximum atomic E-state index is 13.2. The van der Waals surface area contributed by atoms with Crippen LogP contribution in [0.2, 0.25) is 0 Å². The normalized spacial score (nSPS) is 16.7. The van der Waals surface area contributed by atoms with Crippen LogP contribution in [-0.4, -0.2) is 27.5 Å². The zero-order valence-electron chi connectivity index (χ0n) is 15.8. The highest BCUT2D eigenvalue weighted by Crippen LogP contribution is 2.37. The zero-order chi connectivity index (χ0) is 19.0. The Morgan fingerprint density at radius 3 is 2.56 bits per heavy atom. The SMILES string of the molecule is Cc1cc(C)n(-c2ccc(C(=O)N3CC[C@H](C)Sc4ccccc43)cc2)n1. The van der Waals surface area contributed by atoms with Crippen LogP contribution in [0.5, 0.6) is 0 Å². The van der Waals surface area contributed by atoms with E-state index in [2.05, 4.69) is 18.1 Å². The van der Waals surface area contributed by atoms with Crippen molar-refractivity contribution in [3.8, 4) is 5.69 Å². The number of para-hydroxylation sites is 1. The Morgan fingerprint density at radius 1 is 1.11 bits per heavy atom. The lowest BCUT2D eigenvalue weighted by Gasteiger charge is -2.22. The second-order valence-corrected chi connectivity index (χ2v) is 8.51. The fourth-order valence-corrected chi connectivity index (χ4v) is 4.60. The second kappa shape index (κ2) is 7.24. The molecular formula is C22H23N3OS. The zero-order valence-corrected chi connectivity index (χ0v) is 16.7. The summed E-state index contributed by atoms with van der Waals surface area (Å²) in [6, 6.07) is 18.0. The molecule has 0 radical (unpaired) electrons. The van der Waals surface area contributed by atoms with E-state index in [1.165, 1.54) is 4.90 Å². The minimum absolute atomic E-state index is 0.0528. The molecule has 2 heterocycles. The van der Waals surface area contributed by atoms with E-state index in [-0.39, 0.29) is 5.91 Å². The van der Waals surface area contributed by atoms with E-state index in [0.717, 1.165) is 35.7 Å². The molecule has 0 aliphatic carbocycles. The molecule has 4 nitrogen and oxygen atoms in total. The number of amides is 1. The summed E-state index contributed by atoms with van der Waals surface area (Å²) < 4.78 is 1.91. The molecule has 0 unspecified atom stereocenters. The van der Waals surface area contributed by atoms with Crippen molar-refractivity contribution in [3.63, 3.8) is 0 Å². The molecule has 1 atom stereocenters. The predicted octanol–water partition coefficient (Wildman–Crippen LogP) is 5.02. The monoisotopic (exact) mass is 377 g/mol. The van der Waals surface area contributed by atoms with Gasteiger partial charge in [0.05, 0.1) is 17.1 Å². The Labute approximate surface area is 164 Å². The maximum absolute atomic E-state index is 13.2. The number of anilines is 1. The Hall–Kier alpha value is -2.53. The van der Waals surface area contributed by atoms with Crippen LogP contribution in [0.25, 0.3) is 5.69 Å². The van der Waals surface area contributed by atoms with E-state index in [0.29, 0.717) is 10.8 Å². The number of rotatable bonds is 2. The van der Waals surface area contributed by atoms with E-state index < -0.39 is 0 Å². The molecule has 0 spiro atoms. The molecule has 0 bridgehead atoms. The Kier molecular flexibility index (Phi) is 4.79. The lowest BCUT2D eigenvalue weighted by Crippen LogP contribution is -2.32. The molecule has 138 valence electrons. The first-order valence-electron chi connectivity index (χ1n) is 9.24. The molecule has 0 N–H and O–H groups in total. The van der Waals surface area contributed by atoms with Gasteiger partial charge in [-0.05, 0) is 62.7 Å². The van der Waals surface area contributed by atoms with Gasteiger partial charge in [0, 0.05) is 27.9 Å². The van der Waals surface area contributed by atoms with Gasteiger partial charge in [-0.25, -0.2) is 4.68 Å². The van der Waals surface area contributed by atoms with Gasteiger partial charge in [0.2, 0.25) is 0 Å². The number of nitrogens with zero attached hydrogens (tertiary/aromatic N) is 3. The van der Waals surface area contributed by atoms with E-state index in [4.69, 9.17) is 0 Å². The number of benzene rings is 2. The fraction of sp³-hybridized carbons (Fsp3) is 0.273. The summed E-state index contributed by atoms with van der Waals surface area (Å²) in [6.07, 6.45) is 0.981. The molecule has 4 rings (SSSR count). The molecule has 5 heteroatoms. The Balaban J connectivity index is 1.64. The molecule has 1 aliphatic heterocycles. The van der Waals surface area contributed by atoms with Crippen LogP contribution in [0.15, 0.2) is 59.5 Å². The smallest absolute Gasteiger partial charge is 0.258 e. The Bertz CT molecular complexity index is 977. The number of hydrogen-bond acceptors (Lipinski definition) is 3. The topological polar surface area (TPSA) is 38.1 Å². The fourth-order valence-electron chi connectivity index (χ4n) is 3.49. The molecule has 1 aliphatic rings. The molecule has 0 saturated carbocycles. The van der Waals surface area contributed by atoms with Gasteiger partial charge in [-0.3, -0.25) is 4.79 Å². The minimum atomic E-state index is 0.0528. The molecule has 1 aromatic heterocycles. The van der Waals surface area contributed by atoms with Crippen LogP contribution >= 0.6 is 11.8 Å². The van der Waals surface area contributed by atoms with E-state index >= 15 is 0 Å². The van der Waals surface area contributed by atoms with Crippen LogP contribution in [0.3, 0.4) is 0 Å². The average Bonchev–Trinajstić information content (AvgIpc) is 2.91. The third kappa shape index (κ3) is 3.52. The molecule has 27 heavy (non-hydrogen) atoms. The number of carbonyl (C=O) groups excluding carboxylic acids is 1. The molecule has 3 aromatic rings. The van der Waals surface area contributed by atoms with Crippen molar-refractivity contribution >= 4 is 23.4 Å². The highest BCUT2D eigenvalue weighted by Gasteiger charge is 2.25. The highest BCUT2D eigenvalue weighted by molar-refractivity contribution is 8.00. The van der Waals surface area contributed by atoms with Crippen molar-refractivity contribution < 1.29 is 4.79 Å². The van der Waals surface area contributed by atoms with E-state index in [1.807, 2.05) is 83.7 Å². The second-order valence-electron chi connectivity index (χ2n) is 7.03. The van der Waals surface area contributed by atoms with Gasteiger partial charge in [-0.1, -0.05) is 19.1 Å². The lowest BCUT2D eigenvalue weighted by molar-refractivity contribution is 0.0986. The summed E-state index contributed by atoms with van der Waals surface area (Å²) >= 11 is 1.85. The standard InChI is InChI=1S/C22H23N3OS/c1-15-14-16(2)25(23-15)19-10-8-18(9-11-19)22(26)24-13-12-17(3)27-21-7-5-4-6-20(21)24/h4-11,14,17H,12-13H2,1-3H3/t17-/m0/s1. The van der Waals surface area contributed by atoms with Crippen LogP contribution < -0.4 is 4.90 Å². The first-order valence-corrected chi connectivity index (χ1v) is 10.1. The summed E-state index contributed by atoms with van der Waals surface area (Å²) in [6.45, 7) is 6.98. The van der Waals surface area contributed by atoms with Gasteiger partial charge in [-0.2, -0.15) is 5.10 Å². The Morgan fingerprint density at radius 2 is 1.85 bits per heavy atom. The van der Waals surface area contributed by atoms with Crippen LogP contribution in [0, 0.1) is 13.8 Å². The van der Waals surface area contributed by atoms with Crippen molar-refractivity contribution in [2.45, 2.75) is 37.3 Å². The summed E-state index contributed by atoms with van der Waals surface area (Å²) in [7, 11) is 0. The summed E-state index contributed by atoms with van der Waals surface area (Å²) in [4.78, 5) is 16.3. The number of carbonyl (C=O) groups is 1.